The van der Waals surface area contributed by atoms with E-state index in [1.165, 1.54) is 0 Å². The quantitative estimate of drug-likeness (QED) is 0.326. The van der Waals surface area contributed by atoms with E-state index in [1.807, 2.05) is 54.6 Å². The Bertz CT molecular complexity index is 848. The zero-order valence-corrected chi connectivity index (χ0v) is 19.9. The molecule has 33 heavy (non-hydrogen) atoms. The molecule has 0 spiro atoms. The summed E-state index contributed by atoms with van der Waals surface area (Å²) in [5, 5.41) is 2.67. The number of carbonyl (C=O) groups is 2. The summed E-state index contributed by atoms with van der Waals surface area (Å²) in [4.78, 5) is 30.4. The SMILES string of the molecule is CC(C)(C)OC(=O)NC(Cc1ccc(-c2ccccc2)cc1)C(=O)NOCCCCCCN. The van der Waals surface area contributed by atoms with E-state index >= 15 is 0 Å². The van der Waals surface area contributed by atoms with E-state index in [0.717, 1.165) is 42.4 Å². The number of alkyl carbamates (subject to hydrolysis) is 1. The highest BCUT2D eigenvalue weighted by atomic mass is 16.7. The second-order valence-corrected chi connectivity index (χ2v) is 8.98. The predicted molar refractivity (Wildman–Crippen MR) is 130 cm³/mol. The standard InChI is InChI=1S/C26H37N3O4/c1-26(2,3)33-25(31)28-23(24(30)29-32-18-10-5-4-9-17-27)19-20-13-15-22(16-14-20)21-11-7-6-8-12-21/h6-8,11-16,23H,4-5,9-10,17-19,27H2,1-3H3,(H,28,31)(H,29,30). The molecule has 2 aromatic rings. The zero-order chi connectivity index (χ0) is 24.1. The molecule has 2 amide bonds. The minimum absolute atomic E-state index is 0.306. The number of hydrogen-bond donors (Lipinski definition) is 3. The van der Waals surface area contributed by atoms with Crippen molar-refractivity contribution in [3.05, 3.63) is 60.2 Å². The molecule has 7 nitrogen and oxygen atoms in total. The van der Waals surface area contributed by atoms with Gasteiger partial charge in [-0.2, -0.15) is 0 Å². The molecule has 0 aliphatic rings. The third-order valence-corrected chi connectivity index (χ3v) is 4.88. The van der Waals surface area contributed by atoms with E-state index in [4.69, 9.17) is 15.3 Å². The molecule has 0 heterocycles. The number of unbranched alkanes of at least 4 members (excludes halogenated alkanes) is 3. The molecule has 180 valence electrons. The van der Waals surface area contributed by atoms with Gasteiger partial charge in [-0.05, 0) is 56.8 Å². The van der Waals surface area contributed by atoms with Crippen LogP contribution in [0.5, 0.6) is 0 Å². The Kier molecular flexibility index (Phi) is 10.9. The highest BCUT2D eigenvalue weighted by molar-refractivity contribution is 5.85. The van der Waals surface area contributed by atoms with Gasteiger partial charge in [0.1, 0.15) is 11.6 Å². The summed E-state index contributed by atoms with van der Waals surface area (Å²) in [5.74, 6) is -0.421. The van der Waals surface area contributed by atoms with Crippen LogP contribution in [0.25, 0.3) is 11.1 Å². The fourth-order valence-corrected chi connectivity index (χ4v) is 3.22. The fraction of sp³-hybridized carbons (Fsp3) is 0.462. The molecule has 0 saturated heterocycles. The van der Waals surface area contributed by atoms with E-state index < -0.39 is 23.6 Å². The Labute approximate surface area is 197 Å². The third-order valence-electron chi connectivity index (χ3n) is 4.88. The number of hydrogen-bond acceptors (Lipinski definition) is 5. The molecule has 4 N–H and O–H groups in total. The van der Waals surface area contributed by atoms with E-state index in [2.05, 4.69) is 10.8 Å². The van der Waals surface area contributed by atoms with Gasteiger partial charge in [-0.15, -0.1) is 0 Å². The van der Waals surface area contributed by atoms with Crippen LogP contribution in [0.2, 0.25) is 0 Å². The molecule has 2 rings (SSSR count). The lowest BCUT2D eigenvalue weighted by Gasteiger charge is -2.23. The molecule has 0 aliphatic carbocycles. The van der Waals surface area contributed by atoms with Crippen molar-refractivity contribution in [2.45, 2.75) is 64.5 Å². The van der Waals surface area contributed by atoms with Crippen LogP contribution in [0.3, 0.4) is 0 Å². The topological polar surface area (TPSA) is 103 Å². The van der Waals surface area contributed by atoms with Crippen LogP contribution in [-0.4, -0.2) is 36.8 Å². The lowest BCUT2D eigenvalue weighted by Crippen LogP contribution is -2.49. The zero-order valence-electron chi connectivity index (χ0n) is 19.9. The summed E-state index contributed by atoms with van der Waals surface area (Å²) < 4.78 is 5.33. The highest BCUT2D eigenvalue weighted by Gasteiger charge is 2.25. The molecule has 0 aliphatic heterocycles. The van der Waals surface area contributed by atoms with E-state index in [-0.39, 0.29) is 0 Å². The Morgan fingerprint density at radius 2 is 1.55 bits per heavy atom. The first-order chi connectivity index (χ1) is 15.8. The van der Waals surface area contributed by atoms with Gasteiger partial charge in [-0.3, -0.25) is 9.63 Å². The molecule has 0 radical (unpaired) electrons. The number of ether oxygens (including phenoxy) is 1. The minimum Gasteiger partial charge on any atom is -0.444 e. The van der Waals surface area contributed by atoms with Gasteiger partial charge in [0.25, 0.3) is 5.91 Å². The summed E-state index contributed by atoms with van der Waals surface area (Å²) in [6.07, 6.45) is 3.49. The van der Waals surface area contributed by atoms with Crippen molar-refractivity contribution in [3.63, 3.8) is 0 Å². The number of nitrogens with one attached hydrogen (secondary N) is 2. The van der Waals surface area contributed by atoms with E-state index in [9.17, 15) is 9.59 Å². The van der Waals surface area contributed by atoms with Gasteiger partial charge in [0.05, 0.1) is 6.61 Å². The van der Waals surface area contributed by atoms with Crippen LogP contribution in [0.1, 0.15) is 52.0 Å². The molecule has 1 atom stereocenters. The molecular formula is C26H37N3O4. The number of amides is 2. The summed E-state index contributed by atoms with van der Waals surface area (Å²) in [7, 11) is 0. The van der Waals surface area contributed by atoms with Crippen molar-refractivity contribution in [1.29, 1.82) is 0 Å². The summed E-state index contributed by atoms with van der Waals surface area (Å²) in [6, 6.07) is 17.1. The van der Waals surface area contributed by atoms with Gasteiger partial charge in [-0.1, -0.05) is 67.4 Å². The second kappa shape index (κ2) is 13.6. The predicted octanol–water partition coefficient (Wildman–Crippen LogP) is 4.36. The van der Waals surface area contributed by atoms with E-state index in [0.29, 0.717) is 19.6 Å². The monoisotopic (exact) mass is 455 g/mol. The maximum absolute atomic E-state index is 12.7. The number of rotatable bonds is 12. The summed E-state index contributed by atoms with van der Waals surface area (Å²) in [6.45, 7) is 6.41. The molecule has 2 aromatic carbocycles. The molecule has 7 heteroatoms. The number of carbonyl (C=O) groups excluding carboxylic acids is 2. The average Bonchev–Trinajstić information content (AvgIpc) is 2.78. The van der Waals surface area contributed by atoms with Gasteiger partial charge >= 0.3 is 6.09 Å². The lowest BCUT2D eigenvalue weighted by molar-refractivity contribution is -0.135. The maximum atomic E-state index is 12.7. The fourth-order valence-electron chi connectivity index (χ4n) is 3.22. The van der Waals surface area contributed by atoms with Crippen LogP contribution >= 0.6 is 0 Å². The first-order valence-corrected chi connectivity index (χ1v) is 11.5. The Hall–Kier alpha value is -2.90. The van der Waals surface area contributed by atoms with Crippen LogP contribution in [0.4, 0.5) is 4.79 Å². The smallest absolute Gasteiger partial charge is 0.408 e. The molecule has 0 aromatic heterocycles. The first-order valence-electron chi connectivity index (χ1n) is 11.5. The molecular weight excluding hydrogens is 418 g/mol. The Morgan fingerprint density at radius 3 is 2.18 bits per heavy atom. The van der Waals surface area contributed by atoms with Crippen LogP contribution in [-0.2, 0) is 20.8 Å². The normalized spacial score (nSPS) is 12.1. The van der Waals surface area contributed by atoms with Crippen LogP contribution in [0.15, 0.2) is 54.6 Å². The Balaban J connectivity index is 1.98. The van der Waals surface area contributed by atoms with Crippen molar-refractivity contribution in [1.82, 2.24) is 10.8 Å². The summed E-state index contributed by atoms with van der Waals surface area (Å²) >= 11 is 0. The van der Waals surface area contributed by atoms with Crippen molar-refractivity contribution < 1.29 is 19.2 Å². The third kappa shape index (κ3) is 10.5. The molecule has 1 unspecified atom stereocenters. The Morgan fingerprint density at radius 1 is 0.909 bits per heavy atom. The van der Waals surface area contributed by atoms with Gasteiger partial charge in [0.2, 0.25) is 0 Å². The van der Waals surface area contributed by atoms with Crippen LogP contribution < -0.4 is 16.5 Å². The maximum Gasteiger partial charge on any atom is 0.408 e. The van der Waals surface area contributed by atoms with Gasteiger partial charge in [0.15, 0.2) is 0 Å². The van der Waals surface area contributed by atoms with Crippen molar-refractivity contribution in [2.24, 2.45) is 5.73 Å². The average molecular weight is 456 g/mol. The lowest BCUT2D eigenvalue weighted by atomic mass is 10.0. The number of hydroxylamine groups is 1. The second-order valence-electron chi connectivity index (χ2n) is 8.98. The van der Waals surface area contributed by atoms with Crippen molar-refractivity contribution in [2.75, 3.05) is 13.2 Å². The largest absolute Gasteiger partial charge is 0.444 e. The van der Waals surface area contributed by atoms with E-state index in [1.54, 1.807) is 20.8 Å². The van der Waals surface area contributed by atoms with Gasteiger partial charge < -0.3 is 15.8 Å². The molecule has 0 bridgehead atoms. The van der Waals surface area contributed by atoms with Gasteiger partial charge in [-0.25, -0.2) is 10.3 Å². The molecule has 0 saturated carbocycles. The number of nitrogens with two attached hydrogens (primary N) is 1. The highest BCUT2D eigenvalue weighted by Crippen LogP contribution is 2.20. The van der Waals surface area contributed by atoms with Crippen molar-refractivity contribution >= 4 is 12.0 Å². The van der Waals surface area contributed by atoms with Crippen LogP contribution in [0, 0.1) is 0 Å². The minimum atomic E-state index is -0.834. The number of benzene rings is 2. The summed E-state index contributed by atoms with van der Waals surface area (Å²) in [5.41, 5.74) is 10.4. The molecule has 0 fully saturated rings. The van der Waals surface area contributed by atoms with Crippen molar-refractivity contribution in [3.8, 4) is 11.1 Å². The first kappa shape index (κ1) is 26.4. The van der Waals surface area contributed by atoms with Gasteiger partial charge in [0, 0.05) is 6.42 Å².